The molecule has 4 N–H and O–H groups in total. The molecule has 0 saturated heterocycles. The molecule has 0 heterocycles. The lowest BCUT2D eigenvalue weighted by molar-refractivity contribution is -0.142. The van der Waals surface area contributed by atoms with Gasteiger partial charge in [-0.25, -0.2) is 4.79 Å². The van der Waals surface area contributed by atoms with Crippen LogP contribution in [-0.4, -0.2) is 44.9 Å². The van der Waals surface area contributed by atoms with Crippen LogP contribution in [-0.2, 0) is 19.1 Å². The molecule has 0 unspecified atom stereocenters. The van der Waals surface area contributed by atoms with Gasteiger partial charge in [-0.05, 0) is 37.8 Å². The first-order valence-corrected chi connectivity index (χ1v) is 9.35. The predicted molar refractivity (Wildman–Crippen MR) is 105 cm³/mol. The molecule has 0 spiro atoms. The van der Waals surface area contributed by atoms with Crippen molar-refractivity contribution in [2.75, 3.05) is 33.0 Å². The van der Waals surface area contributed by atoms with Crippen LogP contribution in [0.1, 0.15) is 32.1 Å². The lowest BCUT2D eigenvalue weighted by Gasteiger charge is -2.10. The summed E-state index contributed by atoms with van der Waals surface area (Å²) < 4.78 is 21.1. The summed E-state index contributed by atoms with van der Waals surface area (Å²) in [5.41, 5.74) is 10.3. The molecule has 1 aromatic rings. The van der Waals surface area contributed by atoms with Crippen LogP contribution in [0.4, 0.5) is 0 Å². The zero-order valence-corrected chi connectivity index (χ0v) is 16.2. The van der Waals surface area contributed by atoms with E-state index in [1.807, 2.05) is 24.3 Å². The third kappa shape index (κ3) is 11.1. The number of ether oxygens (including phenoxy) is 4. The Morgan fingerprint density at radius 2 is 1.43 bits per heavy atom. The summed E-state index contributed by atoms with van der Waals surface area (Å²) in [5.74, 6) is 0.466. The van der Waals surface area contributed by atoms with Crippen molar-refractivity contribution in [3.05, 3.63) is 36.5 Å². The van der Waals surface area contributed by atoms with E-state index in [0.717, 1.165) is 31.4 Å². The molecule has 0 bridgehead atoms. The molecule has 0 saturated carbocycles. The summed E-state index contributed by atoms with van der Waals surface area (Å²) in [6.07, 6.45) is 4.17. The number of unbranched alkanes of at least 4 members (excludes halogenated alkanes) is 3. The Hall–Kier alpha value is -2.74. The molecule has 8 nitrogen and oxygen atoms in total. The molecule has 0 fully saturated rings. The van der Waals surface area contributed by atoms with Crippen molar-refractivity contribution in [3.63, 3.8) is 0 Å². The van der Waals surface area contributed by atoms with Gasteiger partial charge in [0.05, 0.1) is 33.0 Å². The molecule has 0 aliphatic heterocycles. The first kappa shape index (κ1) is 23.3. The van der Waals surface area contributed by atoms with Gasteiger partial charge in [-0.2, -0.15) is 0 Å². The van der Waals surface area contributed by atoms with E-state index >= 15 is 0 Å². The molecular weight excluding hydrogens is 364 g/mol. The highest BCUT2D eigenvalue weighted by atomic mass is 16.5. The van der Waals surface area contributed by atoms with Gasteiger partial charge in [0.1, 0.15) is 17.2 Å². The summed E-state index contributed by atoms with van der Waals surface area (Å²) >= 11 is 0. The number of hydrogen-bond donors (Lipinski definition) is 2. The number of carbonyl (C=O) groups excluding carboxylic acids is 2. The van der Waals surface area contributed by atoms with Crippen molar-refractivity contribution in [1.82, 2.24) is 0 Å². The number of rotatable bonds is 15. The number of nitrogens with two attached hydrogens (primary N) is 2. The van der Waals surface area contributed by atoms with Crippen LogP contribution in [0.3, 0.4) is 0 Å². The summed E-state index contributed by atoms with van der Waals surface area (Å²) in [6.45, 7) is 4.87. The Bertz CT molecular complexity index is 620. The van der Waals surface area contributed by atoms with Crippen molar-refractivity contribution in [2.24, 2.45) is 11.5 Å². The molecule has 28 heavy (non-hydrogen) atoms. The van der Waals surface area contributed by atoms with Gasteiger partial charge in [-0.3, -0.25) is 4.79 Å². The maximum absolute atomic E-state index is 11.1. The normalized spacial score (nSPS) is 10.2. The zero-order chi connectivity index (χ0) is 20.6. The molecule has 0 aromatic heterocycles. The molecule has 8 heteroatoms. The first-order chi connectivity index (χ1) is 13.5. The third-order valence-corrected chi connectivity index (χ3v) is 3.60. The number of esters is 2. The van der Waals surface area contributed by atoms with E-state index in [2.05, 4.69) is 6.58 Å². The second-order valence-electron chi connectivity index (χ2n) is 6.03. The van der Waals surface area contributed by atoms with E-state index in [0.29, 0.717) is 32.0 Å². The highest BCUT2D eigenvalue weighted by Gasteiger charge is 2.03. The lowest BCUT2D eigenvalue weighted by Crippen LogP contribution is -2.18. The molecule has 0 aliphatic rings. The Morgan fingerprint density at radius 1 is 0.857 bits per heavy atom. The molecule has 156 valence electrons. The third-order valence-electron chi connectivity index (χ3n) is 3.60. The average molecular weight is 394 g/mol. The quantitative estimate of drug-likeness (QED) is 0.263. The van der Waals surface area contributed by atoms with E-state index in [-0.39, 0.29) is 18.8 Å². The maximum Gasteiger partial charge on any atom is 0.353 e. The van der Waals surface area contributed by atoms with Crippen molar-refractivity contribution in [1.29, 1.82) is 0 Å². The van der Waals surface area contributed by atoms with Crippen LogP contribution < -0.4 is 20.9 Å². The molecule has 0 radical (unpaired) electrons. The molecule has 1 rings (SSSR count). The second-order valence-corrected chi connectivity index (χ2v) is 6.03. The largest absolute Gasteiger partial charge is 0.493 e. The van der Waals surface area contributed by atoms with Gasteiger partial charge in [0.15, 0.2) is 0 Å². The Kier molecular flexibility index (Phi) is 11.9. The van der Waals surface area contributed by atoms with Crippen molar-refractivity contribution >= 4 is 11.9 Å². The Balaban J connectivity index is 2.09. The zero-order valence-electron chi connectivity index (χ0n) is 16.2. The predicted octanol–water partition coefficient (Wildman–Crippen LogP) is 1.91. The van der Waals surface area contributed by atoms with Gasteiger partial charge in [-0.15, -0.1) is 0 Å². The fourth-order valence-corrected chi connectivity index (χ4v) is 2.15. The number of benzene rings is 1. The van der Waals surface area contributed by atoms with E-state index in [1.165, 1.54) is 0 Å². The number of carbonyl (C=O) groups is 2. The van der Waals surface area contributed by atoms with Gasteiger partial charge >= 0.3 is 11.9 Å². The van der Waals surface area contributed by atoms with Gasteiger partial charge in [0, 0.05) is 12.5 Å². The lowest BCUT2D eigenvalue weighted by atomic mass is 10.2. The van der Waals surface area contributed by atoms with Gasteiger partial charge < -0.3 is 30.4 Å². The van der Waals surface area contributed by atoms with Crippen LogP contribution in [0.25, 0.3) is 0 Å². The SMILES string of the molecule is C=C(N)C(=O)OCCCCCCOc1cccc(OCCCOC(=O)CN)c1. The summed E-state index contributed by atoms with van der Waals surface area (Å²) in [7, 11) is 0. The monoisotopic (exact) mass is 394 g/mol. The Morgan fingerprint density at radius 3 is 2.04 bits per heavy atom. The minimum atomic E-state index is -0.554. The topological polar surface area (TPSA) is 123 Å². The average Bonchev–Trinajstić information content (AvgIpc) is 2.69. The second kappa shape index (κ2) is 14.3. The van der Waals surface area contributed by atoms with Crippen LogP contribution in [0, 0.1) is 0 Å². The van der Waals surface area contributed by atoms with Crippen molar-refractivity contribution in [3.8, 4) is 11.5 Å². The highest BCUT2D eigenvalue weighted by Crippen LogP contribution is 2.20. The Labute approximate surface area is 165 Å². The van der Waals surface area contributed by atoms with E-state index in [1.54, 1.807) is 0 Å². The summed E-state index contributed by atoms with van der Waals surface area (Å²) in [6, 6.07) is 7.40. The van der Waals surface area contributed by atoms with E-state index in [4.69, 9.17) is 30.4 Å². The standard InChI is InChI=1S/C20H30N2O6/c1-16(22)20(24)28-11-5-3-2-4-10-25-17-8-6-9-18(14-17)26-12-7-13-27-19(23)15-21/h6,8-9,14H,1-5,7,10-13,15,21-22H2. The molecule has 0 atom stereocenters. The minimum Gasteiger partial charge on any atom is -0.493 e. The van der Waals surface area contributed by atoms with Crippen LogP contribution in [0.5, 0.6) is 11.5 Å². The summed E-state index contributed by atoms with van der Waals surface area (Å²) in [5, 5.41) is 0. The van der Waals surface area contributed by atoms with Gasteiger partial charge in [0.25, 0.3) is 0 Å². The summed E-state index contributed by atoms with van der Waals surface area (Å²) in [4.78, 5) is 22.0. The first-order valence-electron chi connectivity index (χ1n) is 9.35. The molecule has 0 aliphatic carbocycles. The fraction of sp³-hybridized carbons (Fsp3) is 0.500. The fourth-order valence-electron chi connectivity index (χ4n) is 2.15. The van der Waals surface area contributed by atoms with Crippen molar-refractivity contribution in [2.45, 2.75) is 32.1 Å². The van der Waals surface area contributed by atoms with Crippen LogP contribution in [0.2, 0.25) is 0 Å². The van der Waals surface area contributed by atoms with Crippen molar-refractivity contribution < 1.29 is 28.5 Å². The molecule has 0 amide bonds. The molecule has 1 aromatic carbocycles. The van der Waals surface area contributed by atoms with E-state index < -0.39 is 11.9 Å². The van der Waals surface area contributed by atoms with Crippen LogP contribution >= 0.6 is 0 Å². The minimum absolute atomic E-state index is 0.0744. The highest BCUT2D eigenvalue weighted by molar-refractivity contribution is 5.86. The van der Waals surface area contributed by atoms with Gasteiger partial charge in [0.2, 0.25) is 0 Å². The van der Waals surface area contributed by atoms with Gasteiger partial charge in [-0.1, -0.05) is 12.6 Å². The smallest absolute Gasteiger partial charge is 0.353 e. The van der Waals surface area contributed by atoms with E-state index in [9.17, 15) is 9.59 Å². The van der Waals surface area contributed by atoms with Crippen LogP contribution in [0.15, 0.2) is 36.5 Å². The number of hydrogen-bond acceptors (Lipinski definition) is 8. The maximum atomic E-state index is 11.1. The molecular formula is C20H30N2O6.